The SMILES string of the molecule is CCCCCCCC[C@H](Sc1ccccc1)C(=O)Nc1c(SC)ccc2ncccc12. The Bertz CT molecular complexity index is 962. The van der Waals surface area contributed by atoms with Gasteiger partial charge in [-0.05, 0) is 49.1 Å². The molecule has 0 aliphatic rings. The Morgan fingerprint density at radius 2 is 1.74 bits per heavy atom. The Labute approximate surface area is 194 Å². The fraction of sp³-hybridized carbons (Fsp3) is 0.385. The number of amides is 1. The minimum absolute atomic E-state index is 0.0778. The third-order valence-electron chi connectivity index (χ3n) is 5.35. The van der Waals surface area contributed by atoms with Crippen LogP contribution < -0.4 is 5.32 Å². The number of unbranched alkanes of at least 4 members (excludes halogenated alkanes) is 5. The Kier molecular flexibility index (Phi) is 9.76. The van der Waals surface area contributed by atoms with Crippen molar-refractivity contribution in [1.82, 2.24) is 4.98 Å². The summed E-state index contributed by atoms with van der Waals surface area (Å²) in [6, 6.07) is 18.3. The zero-order chi connectivity index (χ0) is 21.9. The third-order valence-corrected chi connectivity index (χ3v) is 7.41. The number of hydrogen-bond acceptors (Lipinski definition) is 4. The lowest BCUT2D eigenvalue weighted by Gasteiger charge is -2.19. The largest absolute Gasteiger partial charge is 0.324 e. The first-order valence-corrected chi connectivity index (χ1v) is 13.3. The fourth-order valence-electron chi connectivity index (χ4n) is 3.65. The Morgan fingerprint density at radius 3 is 2.52 bits per heavy atom. The van der Waals surface area contributed by atoms with E-state index in [2.05, 4.69) is 29.4 Å². The molecule has 1 atom stereocenters. The summed E-state index contributed by atoms with van der Waals surface area (Å²) in [5.41, 5.74) is 1.78. The van der Waals surface area contributed by atoms with Crippen LogP contribution in [-0.2, 0) is 4.79 Å². The molecule has 0 aliphatic carbocycles. The molecule has 3 rings (SSSR count). The molecule has 0 saturated carbocycles. The Morgan fingerprint density at radius 1 is 0.968 bits per heavy atom. The van der Waals surface area contributed by atoms with E-state index in [-0.39, 0.29) is 11.2 Å². The number of anilines is 1. The number of fused-ring (bicyclic) bond motifs is 1. The molecule has 0 aliphatic heterocycles. The van der Waals surface area contributed by atoms with Gasteiger partial charge in [-0.2, -0.15) is 0 Å². The number of rotatable bonds is 12. The molecule has 0 fully saturated rings. The van der Waals surface area contributed by atoms with Crippen molar-refractivity contribution in [3.63, 3.8) is 0 Å². The quantitative estimate of drug-likeness (QED) is 0.225. The molecule has 3 nitrogen and oxygen atoms in total. The average molecular weight is 453 g/mol. The van der Waals surface area contributed by atoms with Gasteiger partial charge in [-0.3, -0.25) is 9.78 Å². The first-order chi connectivity index (χ1) is 15.2. The molecule has 2 aromatic carbocycles. The highest BCUT2D eigenvalue weighted by Crippen LogP contribution is 2.34. The van der Waals surface area contributed by atoms with Gasteiger partial charge in [-0.15, -0.1) is 23.5 Å². The zero-order valence-electron chi connectivity index (χ0n) is 18.5. The van der Waals surface area contributed by atoms with E-state index in [4.69, 9.17) is 0 Å². The van der Waals surface area contributed by atoms with E-state index in [1.54, 1.807) is 29.7 Å². The standard InChI is InChI=1S/C26H32N2OS2/c1-3-4-5-6-7-11-16-24(31-20-13-9-8-10-14-20)26(29)28-25-21-15-12-19-27-22(21)17-18-23(25)30-2/h8-10,12-15,17-19,24H,3-7,11,16H2,1-2H3,(H,28,29)/t24-/m0/s1. The van der Waals surface area contributed by atoms with Crippen molar-refractivity contribution in [2.45, 2.75) is 66.9 Å². The predicted molar refractivity (Wildman–Crippen MR) is 136 cm³/mol. The first kappa shape index (κ1) is 23.7. The van der Waals surface area contributed by atoms with Crippen LogP contribution in [0.5, 0.6) is 0 Å². The van der Waals surface area contributed by atoms with Crippen molar-refractivity contribution in [3.8, 4) is 0 Å². The molecule has 0 saturated heterocycles. The molecule has 1 N–H and O–H groups in total. The monoisotopic (exact) mass is 452 g/mol. The summed E-state index contributed by atoms with van der Waals surface area (Å²) in [6.07, 6.45) is 12.1. The highest BCUT2D eigenvalue weighted by molar-refractivity contribution is 8.00. The van der Waals surface area contributed by atoms with Crippen LogP contribution in [-0.4, -0.2) is 22.4 Å². The summed E-state index contributed by atoms with van der Waals surface area (Å²) >= 11 is 3.32. The van der Waals surface area contributed by atoms with Crippen LogP contribution in [0.3, 0.4) is 0 Å². The second kappa shape index (κ2) is 12.8. The van der Waals surface area contributed by atoms with E-state index in [1.165, 1.54) is 32.1 Å². The molecule has 5 heteroatoms. The lowest BCUT2D eigenvalue weighted by atomic mass is 10.1. The summed E-state index contributed by atoms with van der Waals surface area (Å²) < 4.78 is 0. The van der Waals surface area contributed by atoms with Gasteiger partial charge in [0.1, 0.15) is 0 Å². The van der Waals surface area contributed by atoms with Crippen LogP contribution in [0.1, 0.15) is 51.9 Å². The van der Waals surface area contributed by atoms with Crippen LogP contribution in [0.15, 0.2) is 70.6 Å². The smallest absolute Gasteiger partial charge is 0.237 e. The summed E-state index contributed by atoms with van der Waals surface area (Å²) in [7, 11) is 0. The van der Waals surface area contributed by atoms with Crippen molar-refractivity contribution in [2.75, 3.05) is 11.6 Å². The van der Waals surface area contributed by atoms with Crippen molar-refractivity contribution < 1.29 is 4.79 Å². The number of thioether (sulfide) groups is 2. The number of pyridine rings is 1. The van der Waals surface area contributed by atoms with Gasteiger partial charge in [0.15, 0.2) is 0 Å². The van der Waals surface area contributed by atoms with Crippen molar-refractivity contribution in [2.24, 2.45) is 0 Å². The van der Waals surface area contributed by atoms with Gasteiger partial charge < -0.3 is 5.32 Å². The van der Waals surface area contributed by atoms with E-state index in [0.29, 0.717) is 0 Å². The highest BCUT2D eigenvalue weighted by Gasteiger charge is 2.21. The van der Waals surface area contributed by atoms with Crippen LogP contribution in [0.25, 0.3) is 10.9 Å². The molecule has 31 heavy (non-hydrogen) atoms. The van der Waals surface area contributed by atoms with E-state index < -0.39 is 0 Å². The number of aromatic nitrogens is 1. The second-order valence-electron chi connectivity index (χ2n) is 7.68. The molecular formula is C26H32N2OS2. The lowest BCUT2D eigenvalue weighted by Crippen LogP contribution is -2.25. The van der Waals surface area contributed by atoms with Gasteiger partial charge in [-0.25, -0.2) is 0 Å². The van der Waals surface area contributed by atoms with E-state index in [1.807, 2.05) is 48.7 Å². The summed E-state index contributed by atoms with van der Waals surface area (Å²) in [4.78, 5) is 20.1. The van der Waals surface area contributed by atoms with Gasteiger partial charge in [0.2, 0.25) is 5.91 Å². The second-order valence-corrected chi connectivity index (χ2v) is 9.80. The van der Waals surface area contributed by atoms with Crippen LogP contribution >= 0.6 is 23.5 Å². The molecular weight excluding hydrogens is 420 g/mol. The molecule has 0 spiro atoms. The highest BCUT2D eigenvalue weighted by atomic mass is 32.2. The van der Waals surface area contributed by atoms with E-state index in [0.717, 1.165) is 39.2 Å². The maximum absolute atomic E-state index is 13.4. The number of nitrogens with one attached hydrogen (secondary N) is 1. The van der Waals surface area contributed by atoms with Crippen LogP contribution in [0, 0.1) is 0 Å². The Balaban J connectivity index is 1.75. The van der Waals surface area contributed by atoms with Gasteiger partial charge in [0.25, 0.3) is 0 Å². The summed E-state index contributed by atoms with van der Waals surface area (Å²) in [6.45, 7) is 2.24. The average Bonchev–Trinajstić information content (AvgIpc) is 2.81. The molecule has 0 radical (unpaired) electrons. The lowest BCUT2D eigenvalue weighted by molar-refractivity contribution is -0.115. The van der Waals surface area contributed by atoms with Gasteiger partial charge >= 0.3 is 0 Å². The topological polar surface area (TPSA) is 42.0 Å². The zero-order valence-corrected chi connectivity index (χ0v) is 20.1. The Hall–Kier alpha value is -1.98. The molecule has 3 aromatic rings. The molecule has 164 valence electrons. The minimum atomic E-state index is -0.116. The van der Waals surface area contributed by atoms with Crippen molar-refractivity contribution in [1.29, 1.82) is 0 Å². The molecule has 0 bridgehead atoms. The van der Waals surface area contributed by atoms with Crippen LogP contribution in [0.4, 0.5) is 5.69 Å². The van der Waals surface area contributed by atoms with Crippen molar-refractivity contribution >= 4 is 46.0 Å². The molecule has 1 aromatic heterocycles. The molecule has 1 heterocycles. The summed E-state index contributed by atoms with van der Waals surface area (Å²) in [5.74, 6) is 0.0778. The predicted octanol–water partition coefficient (Wildman–Crippen LogP) is 7.81. The van der Waals surface area contributed by atoms with Crippen LogP contribution in [0.2, 0.25) is 0 Å². The van der Waals surface area contributed by atoms with Gasteiger partial charge in [0, 0.05) is 21.4 Å². The maximum Gasteiger partial charge on any atom is 0.237 e. The van der Waals surface area contributed by atoms with Crippen molar-refractivity contribution in [3.05, 3.63) is 60.8 Å². The van der Waals surface area contributed by atoms with E-state index >= 15 is 0 Å². The number of nitrogens with zero attached hydrogens (tertiary/aromatic N) is 1. The molecule has 1 amide bonds. The minimum Gasteiger partial charge on any atom is -0.324 e. The number of hydrogen-bond donors (Lipinski definition) is 1. The normalized spacial score (nSPS) is 12.1. The third kappa shape index (κ3) is 7.01. The molecule has 0 unspecified atom stereocenters. The van der Waals surface area contributed by atoms with Gasteiger partial charge in [0.05, 0.1) is 16.5 Å². The number of carbonyl (C=O) groups excluding carboxylic acids is 1. The summed E-state index contributed by atoms with van der Waals surface area (Å²) in [5, 5.41) is 4.14. The number of benzene rings is 2. The fourth-order valence-corrected chi connectivity index (χ4v) is 5.31. The van der Waals surface area contributed by atoms with Gasteiger partial charge in [-0.1, -0.05) is 63.6 Å². The first-order valence-electron chi connectivity index (χ1n) is 11.2. The number of carbonyl (C=O) groups is 1. The maximum atomic E-state index is 13.4. The van der Waals surface area contributed by atoms with E-state index in [9.17, 15) is 4.79 Å².